The zero-order chi connectivity index (χ0) is 12.5. The van der Waals surface area contributed by atoms with Gasteiger partial charge >= 0.3 is 0 Å². The smallest absolute Gasteiger partial charge is 0.122 e. The fraction of sp³-hybridized carbons (Fsp3) is 0.125. The summed E-state index contributed by atoms with van der Waals surface area (Å²) in [7, 11) is 0. The Labute approximate surface area is 112 Å². The van der Waals surface area contributed by atoms with Crippen molar-refractivity contribution in [2.45, 2.75) is 6.42 Å². The van der Waals surface area contributed by atoms with Crippen molar-refractivity contribution in [1.29, 1.82) is 0 Å². The average Bonchev–Trinajstić information content (AvgIpc) is 2.86. The first-order chi connectivity index (χ1) is 8.74. The monoisotopic (exact) mass is 256 g/mol. The Morgan fingerprint density at radius 3 is 2.56 bits per heavy atom. The van der Waals surface area contributed by atoms with E-state index in [1.807, 2.05) is 30.3 Å². The Morgan fingerprint density at radius 1 is 1.06 bits per heavy atom. The van der Waals surface area contributed by atoms with Crippen LogP contribution in [0.3, 0.4) is 0 Å². The van der Waals surface area contributed by atoms with Gasteiger partial charge in [-0.15, -0.1) is 0 Å². The molecule has 1 heterocycles. The maximum atomic E-state index is 5.89. The predicted molar refractivity (Wildman–Crippen MR) is 75.2 cm³/mol. The molecule has 0 aromatic heterocycles. The highest BCUT2D eigenvalue weighted by molar-refractivity contribution is 6.30. The highest BCUT2D eigenvalue weighted by Gasteiger charge is 2.13. The van der Waals surface area contributed by atoms with Gasteiger partial charge in [0.25, 0.3) is 0 Å². The van der Waals surface area contributed by atoms with Gasteiger partial charge in [0.15, 0.2) is 0 Å². The molecule has 0 fully saturated rings. The van der Waals surface area contributed by atoms with Gasteiger partial charge in [0, 0.05) is 11.4 Å². The summed E-state index contributed by atoms with van der Waals surface area (Å²) in [6, 6.07) is 14.0. The first-order valence-electron chi connectivity index (χ1n) is 5.95. The lowest BCUT2D eigenvalue weighted by atomic mass is 9.97. The van der Waals surface area contributed by atoms with Crippen LogP contribution in [0.15, 0.2) is 49.0 Å². The van der Waals surface area contributed by atoms with E-state index >= 15 is 0 Å². The lowest BCUT2D eigenvalue weighted by molar-refractivity contribution is 0.357. The van der Waals surface area contributed by atoms with E-state index in [9.17, 15) is 0 Å². The van der Waals surface area contributed by atoms with E-state index in [1.165, 1.54) is 5.56 Å². The van der Waals surface area contributed by atoms with Crippen LogP contribution in [0.25, 0.3) is 5.57 Å². The topological polar surface area (TPSA) is 9.23 Å². The fourth-order valence-corrected chi connectivity index (χ4v) is 2.32. The first kappa shape index (κ1) is 11.4. The second kappa shape index (κ2) is 4.51. The van der Waals surface area contributed by atoms with Gasteiger partial charge in [-0.1, -0.05) is 36.4 Å². The molecular weight excluding hydrogens is 244 g/mol. The van der Waals surface area contributed by atoms with Gasteiger partial charge in [-0.25, -0.2) is 0 Å². The molecule has 0 unspecified atom stereocenters. The molecule has 0 aliphatic carbocycles. The molecule has 18 heavy (non-hydrogen) atoms. The highest BCUT2D eigenvalue weighted by atomic mass is 35.5. The average molecular weight is 257 g/mol. The summed E-state index contributed by atoms with van der Waals surface area (Å²) in [4.78, 5) is 0. The normalized spacial score (nSPS) is 12.9. The maximum absolute atomic E-state index is 5.89. The van der Waals surface area contributed by atoms with E-state index in [2.05, 4.69) is 18.7 Å². The van der Waals surface area contributed by atoms with Crippen LogP contribution in [-0.4, -0.2) is 6.61 Å². The molecule has 0 bridgehead atoms. The first-order valence-corrected chi connectivity index (χ1v) is 6.33. The van der Waals surface area contributed by atoms with Crippen molar-refractivity contribution in [3.05, 3.63) is 70.8 Å². The van der Waals surface area contributed by atoms with Crippen LogP contribution < -0.4 is 4.74 Å². The number of halogens is 1. The van der Waals surface area contributed by atoms with Crippen molar-refractivity contribution in [3.63, 3.8) is 0 Å². The Bertz CT molecular complexity index is 599. The molecule has 2 heteroatoms. The second-order valence-electron chi connectivity index (χ2n) is 4.41. The largest absolute Gasteiger partial charge is 0.493 e. The van der Waals surface area contributed by atoms with Crippen LogP contribution in [0, 0.1) is 0 Å². The highest BCUT2D eigenvalue weighted by Crippen LogP contribution is 2.30. The van der Waals surface area contributed by atoms with E-state index in [-0.39, 0.29) is 0 Å². The Kier molecular flexibility index (Phi) is 2.85. The van der Waals surface area contributed by atoms with Gasteiger partial charge in [0.05, 0.1) is 6.61 Å². The van der Waals surface area contributed by atoms with Crippen LogP contribution in [-0.2, 0) is 6.42 Å². The molecule has 1 nitrogen and oxygen atoms in total. The third-order valence-electron chi connectivity index (χ3n) is 3.23. The van der Waals surface area contributed by atoms with Gasteiger partial charge in [0.2, 0.25) is 0 Å². The summed E-state index contributed by atoms with van der Waals surface area (Å²) in [5.74, 6) is 1.00. The Balaban J connectivity index is 1.95. The summed E-state index contributed by atoms with van der Waals surface area (Å²) < 4.78 is 5.51. The summed E-state index contributed by atoms with van der Waals surface area (Å²) in [6.07, 6.45) is 0.983. The number of hydrogen-bond acceptors (Lipinski definition) is 1. The zero-order valence-electron chi connectivity index (χ0n) is 9.95. The number of fused-ring (bicyclic) bond motifs is 1. The molecule has 2 aromatic carbocycles. The van der Waals surface area contributed by atoms with Crippen molar-refractivity contribution in [3.8, 4) is 5.75 Å². The third-order valence-corrected chi connectivity index (χ3v) is 3.48. The second-order valence-corrected chi connectivity index (χ2v) is 4.84. The molecule has 0 radical (unpaired) electrons. The van der Waals surface area contributed by atoms with Crippen LogP contribution in [0.5, 0.6) is 5.75 Å². The molecule has 0 amide bonds. The SMILES string of the molecule is C=C(c1ccc(Cl)cc1)c1ccc2c(c1)CCO2. The van der Waals surface area contributed by atoms with Gasteiger partial charge in [-0.3, -0.25) is 0 Å². The minimum Gasteiger partial charge on any atom is -0.493 e. The van der Waals surface area contributed by atoms with Crippen LogP contribution in [0.2, 0.25) is 5.02 Å². The molecule has 0 saturated carbocycles. The van der Waals surface area contributed by atoms with Crippen LogP contribution >= 0.6 is 11.6 Å². The van der Waals surface area contributed by atoms with Crippen molar-refractivity contribution >= 4 is 17.2 Å². The van der Waals surface area contributed by atoms with E-state index in [0.29, 0.717) is 0 Å². The number of rotatable bonds is 2. The van der Waals surface area contributed by atoms with Crippen molar-refractivity contribution < 1.29 is 4.74 Å². The molecule has 90 valence electrons. The molecule has 1 aliphatic heterocycles. The maximum Gasteiger partial charge on any atom is 0.122 e. The van der Waals surface area contributed by atoms with Gasteiger partial charge in [-0.2, -0.15) is 0 Å². The standard InChI is InChI=1S/C16H13ClO/c1-11(12-2-5-15(17)6-3-12)13-4-7-16-14(10-13)8-9-18-16/h2-7,10H,1,8-9H2. The number of benzene rings is 2. The molecule has 0 atom stereocenters. The Hall–Kier alpha value is -1.73. The third kappa shape index (κ3) is 2.02. The lowest BCUT2D eigenvalue weighted by Crippen LogP contribution is -1.87. The van der Waals surface area contributed by atoms with Gasteiger partial charge in [-0.05, 0) is 46.5 Å². The van der Waals surface area contributed by atoms with E-state index in [0.717, 1.165) is 40.5 Å². The van der Waals surface area contributed by atoms with Crippen molar-refractivity contribution in [2.75, 3.05) is 6.61 Å². The van der Waals surface area contributed by atoms with Crippen molar-refractivity contribution in [1.82, 2.24) is 0 Å². The van der Waals surface area contributed by atoms with Crippen molar-refractivity contribution in [2.24, 2.45) is 0 Å². The van der Waals surface area contributed by atoms with E-state index in [4.69, 9.17) is 16.3 Å². The fourth-order valence-electron chi connectivity index (χ4n) is 2.19. The Morgan fingerprint density at radius 2 is 1.78 bits per heavy atom. The van der Waals surface area contributed by atoms with Gasteiger partial charge < -0.3 is 4.74 Å². The van der Waals surface area contributed by atoms with Gasteiger partial charge in [0.1, 0.15) is 5.75 Å². The predicted octanol–water partition coefficient (Wildman–Crippen LogP) is 4.34. The molecule has 1 aliphatic rings. The number of ether oxygens (including phenoxy) is 1. The quantitative estimate of drug-likeness (QED) is 0.777. The molecule has 2 aromatic rings. The molecule has 0 N–H and O–H groups in total. The minimum atomic E-state index is 0.744. The van der Waals surface area contributed by atoms with E-state index in [1.54, 1.807) is 0 Å². The summed E-state index contributed by atoms with van der Waals surface area (Å²) >= 11 is 5.89. The van der Waals surface area contributed by atoms with Crippen LogP contribution in [0.4, 0.5) is 0 Å². The molecule has 0 saturated heterocycles. The van der Waals surface area contributed by atoms with E-state index < -0.39 is 0 Å². The molecule has 0 spiro atoms. The lowest BCUT2D eigenvalue weighted by Gasteiger charge is -2.08. The zero-order valence-corrected chi connectivity index (χ0v) is 10.7. The summed E-state index contributed by atoms with van der Waals surface area (Å²) in [6.45, 7) is 4.95. The number of hydrogen-bond donors (Lipinski definition) is 0. The summed E-state index contributed by atoms with van der Waals surface area (Å²) in [5, 5.41) is 0.744. The minimum absolute atomic E-state index is 0.744. The molecule has 3 rings (SSSR count). The summed E-state index contributed by atoms with van der Waals surface area (Å²) in [5.41, 5.74) is 4.52. The van der Waals surface area contributed by atoms with Crippen LogP contribution in [0.1, 0.15) is 16.7 Å². The molecular formula is C16H13ClO.